The van der Waals surface area contributed by atoms with E-state index in [-0.39, 0.29) is 38.2 Å². The van der Waals surface area contributed by atoms with Crippen LogP contribution in [0.3, 0.4) is 0 Å². The molecule has 4 atom stereocenters. The third kappa shape index (κ3) is 7.00. The Morgan fingerprint density at radius 3 is 2.24 bits per heavy atom. The van der Waals surface area contributed by atoms with Crippen molar-refractivity contribution in [3.05, 3.63) is 58.7 Å². The topological polar surface area (TPSA) is 82.6 Å². The largest absolute Gasteiger partial charge is 0.497 e. The molecular formula is C37H47F4N3O5. The van der Waals surface area contributed by atoms with Gasteiger partial charge in [-0.15, -0.1) is 0 Å². The number of likely N-dealkylation sites (tertiary alicyclic amines) is 2. The van der Waals surface area contributed by atoms with Crippen molar-refractivity contribution in [2.24, 2.45) is 11.8 Å². The number of carbonyl (C=O) groups excluding carboxylic acids is 1. The van der Waals surface area contributed by atoms with Gasteiger partial charge in [-0.2, -0.15) is 13.2 Å². The average Bonchev–Trinajstić information content (AvgIpc) is 3.84. The second kappa shape index (κ2) is 14.1. The number of aryl methyl sites for hydroxylation is 1. The van der Waals surface area contributed by atoms with Crippen LogP contribution in [-0.2, 0) is 20.5 Å². The summed E-state index contributed by atoms with van der Waals surface area (Å²) in [6.45, 7) is 3.25. The van der Waals surface area contributed by atoms with Crippen molar-refractivity contribution in [3.63, 3.8) is 0 Å². The molecule has 3 aliphatic heterocycles. The Morgan fingerprint density at radius 1 is 0.980 bits per heavy atom. The van der Waals surface area contributed by atoms with E-state index in [0.717, 1.165) is 43.4 Å². The zero-order valence-electron chi connectivity index (χ0n) is 28.5. The fraction of sp³-hybridized carbons (Fsp3) is 0.622. The normalized spacial score (nSPS) is 27.3. The second-order valence-electron chi connectivity index (χ2n) is 14.4. The molecule has 8 nitrogen and oxygen atoms in total. The van der Waals surface area contributed by atoms with Gasteiger partial charge in [0, 0.05) is 75.9 Å². The molecule has 0 radical (unpaired) electrons. The lowest BCUT2D eigenvalue weighted by Gasteiger charge is -2.36. The van der Waals surface area contributed by atoms with Crippen LogP contribution in [-0.4, -0.2) is 98.6 Å². The molecule has 3 saturated heterocycles. The zero-order chi connectivity index (χ0) is 35.1. The molecule has 4 fully saturated rings. The molecule has 49 heavy (non-hydrogen) atoms. The summed E-state index contributed by atoms with van der Waals surface area (Å²) in [7, 11) is 3.11. The van der Waals surface area contributed by atoms with Crippen LogP contribution >= 0.6 is 0 Å². The summed E-state index contributed by atoms with van der Waals surface area (Å²) in [6.07, 6.45) is 0.159. The monoisotopic (exact) mass is 689 g/mol. The number of hydrogen-bond donors (Lipinski definition) is 1. The fourth-order valence-electron chi connectivity index (χ4n) is 8.88. The molecule has 1 amide bonds. The number of halogens is 4. The van der Waals surface area contributed by atoms with E-state index in [1.807, 2.05) is 17.0 Å². The number of piperidine rings is 1. The van der Waals surface area contributed by atoms with Crippen LogP contribution in [0.5, 0.6) is 5.75 Å². The smallest absolute Gasteiger partial charge is 0.416 e. The van der Waals surface area contributed by atoms with Gasteiger partial charge >= 0.3 is 12.1 Å². The first kappa shape index (κ1) is 35.4. The third-order valence-electron chi connectivity index (χ3n) is 11.5. The molecule has 1 N–H and O–H groups in total. The molecule has 2 aromatic carbocycles. The van der Waals surface area contributed by atoms with Crippen LogP contribution in [0.2, 0.25) is 0 Å². The van der Waals surface area contributed by atoms with Gasteiger partial charge in [0.15, 0.2) is 0 Å². The highest BCUT2D eigenvalue weighted by atomic mass is 19.4. The minimum atomic E-state index is -4.58. The predicted molar refractivity (Wildman–Crippen MR) is 177 cm³/mol. The van der Waals surface area contributed by atoms with Crippen LogP contribution in [0.4, 0.5) is 23.2 Å². The number of methoxy groups -OCH3 is 2. The molecule has 0 spiro atoms. The first-order valence-electron chi connectivity index (χ1n) is 17.4. The number of carbonyl (C=O) groups is 2. The lowest BCUT2D eigenvalue weighted by atomic mass is 9.83. The van der Waals surface area contributed by atoms with E-state index in [4.69, 9.17) is 9.47 Å². The summed E-state index contributed by atoms with van der Waals surface area (Å²) < 4.78 is 70.9. The van der Waals surface area contributed by atoms with Crippen LogP contribution in [0.1, 0.15) is 72.6 Å². The van der Waals surface area contributed by atoms with Gasteiger partial charge in [0.25, 0.3) is 5.91 Å². The molecule has 0 bridgehead atoms. The summed E-state index contributed by atoms with van der Waals surface area (Å²) in [4.78, 5) is 31.8. The Balaban J connectivity index is 1.34. The van der Waals surface area contributed by atoms with Gasteiger partial charge in [0.05, 0.1) is 25.2 Å². The van der Waals surface area contributed by atoms with Gasteiger partial charge < -0.3 is 24.4 Å². The van der Waals surface area contributed by atoms with Crippen LogP contribution < -0.4 is 9.64 Å². The van der Waals surface area contributed by atoms with Crippen molar-refractivity contribution in [3.8, 4) is 5.75 Å². The number of hydrogen-bond acceptors (Lipinski definition) is 6. The molecule has 4 aliphatic rings. The van der Waals surface area contributed by atoms with Crippen LogP contribution in [0.25, 0.3) is 0 Å². The van der Waals surface area contributed by atoms with Crippen LogP contribution in [0, 0.1) is 18.8 Å². The van der Waals surface area contributed by atoms with E-state index < -0.39 is 47.0 Å². The minimum Gasteiger partial charge on any atom is -0.497 e. The Morgan fingerprint density at radius 2 is 1.65 bits per heavy atom. The van der Waals surface area contributed by atoms with Crippen molar-refractivity contribution in [1.29, 1.82) is 0 Å². The number of nitrogens with zero attached hydrogens (tertiary/aromatic N) is 3. The minimum absolute atomic E-state index is 0.00755. The lowest BCUT2D eigenvalue weighted by molar-refractivity contribution is -0.143. The maximum Gasteiger partial charge on any atom is 0.416 e. The Kier molecular flexibility index (Phi) is 10.2. The van der Waals surface area contributed by atoms with Crippen molar-refractivity contribution >= 4 is 17.6 Å². The summed E-state index contributed by atoms with van der Waals surface area (Å²) >= 11 is 0. The second-order valence-corrected chi connectivity index (χ2v) is 14.4. The molecule has 1 aliphatic carbocycles. The standard InChI is InChI=1S/C37H47F4N3O5/c1-23-16-27(37(39,40)41)17-32(42-14-12-25(13-15-42)34(45)46)33(23)30-19-43(18-26(30)21-48-2)35(47)36(38)22-44(28-6-4-5-7-28)20-31(36)24-8-10-29(49-3)11-9-24/h8-11,16-17,25-26,28,30-31H,4-7,12-15,18-22H2,1-3H3,(H,45,46)/t26-,30+,31+,36+/m1/s1. The number of amides is 1. The predicted octanol–water partition coefficient (Wildman–Crippen LogP) is 6.26. The summed E-state index contributed by atoms with van der Waals surface area (Å²) in [5.41, 5.74) is -0.729. The molecule has 6 rings (SSSR count). The number of aliphatic carboxylic acids is 1. The third-order valence-corrected chi connectivity index (χ3v) is 11.5. The first-order valence-corrected chi connectivity index (χ1v) is 17.4. The van der Waals surface area contributed by atoms with Crippen LogP contribution in [0.15, 0.2) is 36.4 Å². The fourth-order valence-corrected chi connectivity index (χ4v) is 8.88. The Bertz CT molecular complexity index is 1510. The van der Waals surface area contributed by atoms with E-state index in [0.29, 0.717) is 55.0 Å². The maximum absolute atomic E-state index is 17.7. The van der Waals surface area contributed by atoms with E-state index in [2.05, 4.69) is 4.90 Å². The van der Waals surface area contributed by atoms with Gasteiger partial charge in [-0.25, -0.2) is 4.39 Å². The Labute approximate surface area is 285 Å². The van der Waals surface area contributed by atoms with E-state index in [1.165, 1.54) is 0 Å². The molecule has 0 aromatic heterocycles. The van der Waals surface area contributed by atoms with Crippen molar-refractivity contribution in [1.82, 2.24) is 9.80 Å². The number of alkyl halides is 4. The van der Waals surface area contributed by atoms with Gasteiger partial charge in [-0.05, 0) is 73.6 Å². The zero-order valence-corrected chi connectivity index (χ0v) is 28.5. The molecular weight excluding hydrogens is 642 g/mol. The van der Waals surface area contributed by atoms with E-state index in [9.17, 15) is 27.9 Å². The average molecular weight is 690 g/mol. The lowest BCUT2D eigenvalue weighted by Crippen LogP contribution is -2.50. The molecule has 0 unspecified atom stereocenters. The number of rotatable bonds is 9. The molecule has 268 valence electrons. The number of benzene rings is 2. The highest BCUT2D eigenvalue weighted by molar-refractivity contribution is 5.88. The highest BCUT2D eigenvalue weighted by Gasteiger charge is 2.57. The molecule has 3 heterocycles. The molecule has 12 heteroatoms. The quantitative estimate of drug-likeness (QED) is 0.312. The van der Waals surface area contributed by atoms with Gasteiger partial charge in [-0.1, -0.05) is 25.0 Å². The van der Waals surface area contributed by atoms with Crippen molar-refractivity contribution in [2.45, 2.75) is 75.2 Å². The number of anilines is 1. The summed E-state index contributed by atoms with van der Waals surface area (Å²) in [5, 5.41) is 9.54. The van der Waals surface area contributed by atoms with Gasteiger partial charge in [0.1, 0.15) is 5.75 Å². The molecule has 1 saturated carbocycles. The van der Waals surface area contributed by atoms with Crippen molar-refractivity contribution in [2.75, 3.05) is 65.0 Å². The Hall–Kier alpha value is -3.38. The van der Waals surface area contributed by atoms with Gasteiger partial charge in [0.2, 0.25) is 5.67 Å². The SMILES string of the molecule is COC[C@H]1CN(C(=O)[C@]2(F)CN(C3CCCC3)C[C@H]2c2ccc(OC)cc2)C[C@@H]1c1c(C)cc(C(F)(F)F)cc1N1CCC(C(=O)O)CC1. The number of carboxylic acids is 1. The number of carboxylic acid groups (broad SMARTS) is 1. The van der Waals surface area contributed by atoms with Crippen molar-refractivity contribution < 1.29 is 41.7 Å². The molecule has 2 aromatic rings. The summed E-state index contributed by atoms with van der Waals surface area (Å²) in [5.74, 6) is -2.79. The highest BCUT2D eigenvalue weighted by Crippen LogP contribution is 2.48. The van der Waals surface area contributed by atoms with E-state index >= 15 is 4.39 Å². The maximum atomic E-state index is 17.7. The first-order chi connectivity index (χ1) is 23.3. The van der Waals surface area contributed by atoms with E-state index in [1.54, 1.807) is 38.2 Å². The number of ether oxygens (including phenoxy) is 2. The summed E-state index contributed by atoms with van der Waals surface area (Å²) in [6, 6.07) is 9.75. The van der Waals surface area contributed by atoms with Gasteiger partial charge in [-0.3, -0.25) is 14.5 Å².